The number of benzene rings is 2. The largest absolute Gasteiger partial charge is 0.508 e. The van der Waals surface area contributed by atoms with Gasteiger partial charge in [-0.3, -0.25) is 4.79 Å². The third-order valence-electron chi connectivity index (χ3n) is 5.92. The van der Waals surface area contributed by atoms with E-state index >= 15 is 0 Å². The molecule has 1 aromatic heterocycles. The maximum atomic E-state index is 13.4. The molecule has 0 aliphatic carbocycles. The Bertz CT molecular complexity index is 1160. The number of hydrogen-bond donors (Lipinski definition) is 2. The van der Waals surface area contributed by atoms with Gasteiger partial charge < -0.3 is 24.6 Å². The van der Waals surface area contributed by atoms with Gasteiger partial charge in [0.05, 0.1) is 19.8 Å². The Balaban J connectivity index is 1.74. The predicted molar refractivity (Wildman–Crippen MR) is 122 cm³/mol. The van der Waals surface area contributed by atoms with Crippen LogP contribution in [-0.4, -0.2) is 41.4 Å². The molecule has 3 aromatic rings. The Kier molecular flexibility index (Phi) is 5.90. The molecule has 2 heterocycles. The lowest BCUT2D eigenvalue weighted by Gasteiger charge is -2.37. The van der Waals surface area contributed by atoms with E-state index in [0.29, 0.717) is 11.6 Å². The molecule has 0 saturated carbocycles. The minimum atomic E-state index is -0.282. The van der Waals surface area contributed by atoms with Gasteiger partial charge in [-0.2, -0.15) is 0 Å². The van der Waals surface area contributed by atoms with Gasteiger partial charge >= 0.3 is 0 Å². The van der Waals surface area contributed by atoms with E-state index in [1.807, 2.05) is 18.2 Å². The number of ether oxygens (including phenoxy) is 2. The molecule has 4 rings (SSSR count). The van der Waals surface area contributed by atoms with E-state index in [4.69, 9.17) is 9.47 Å². The second kappa shape index (κ2) is 8.78. The number of pyridine rings is 1. The zero-order valence-corrected chi connectivity index (χ0v) is 18.3. The van der Waals surface area contributed by atoms with E-state index in [9.17, 15) is 15.0 Å². The molecule has 1 amide bonds. The lowest BCUT2D eigenvalue weighted by Crippen LogP contribution is -2.43. The highest BCUT2D eigenvalue weighted by Crippen LogP contribution is 2.38. The minimum absolute atomic E-state index is 0.0248. The van der Waals surface area contributed by atoms with Crippen molar-refractivity contribution in [3.05, 3.63) is 59.8 Å². The number of aromatic nitrogens is 1. The number of methoxy groups -OCH3 is 2. The van der Waals surface area contributed by atoms with Gasteiger partial charge in [-0.05, 0) is 60.7 Å². The molecule has 0 saturated heterocycles. The first-order chi connectivity index (χ1) is 15.5. The molecule has 0 radical (unpaired) electrons. The van der Waals surface area contributed by atoms with Crippen LogP contribution in [0.25, 0.3) is 11.1 Å². The monoisotopic (exact) mass is 434 g/mol. The summed E-state index contributed by atoms with van der Waals surface area (Å²) < 4.78 is 10.6. The number of rotatable bonds is 5. The van der Waals surface area contributed by atoms with Gasteiger partial charge in [0.1, 0.15) is 11.5 Å². The standard InChI is InChI=1S/C25H26N2O5/c1-4-18-7-5-16-11-15(17-12-23(31-2)24(32-3)26-14-17)6-10-21(16)27(18)25(30)20-9-8-19(28)13-22(20)29/h6,8-14,18,28-29H,4-5,7H2,1-3H3. The van der Waals surface area contributed by atoms with Crippen LogP contribution in [0, 0.1) is 0 Å². The Labute approximate surface area is 186 Å². The smallest absolute Gasteiger partial charge is 0.262 e. The molecule has 32 heavy (non-hydrogen) atoms. The molecule has 0 fully saturated rings. The topological polar surface area (TPSA) is 92.1 Å². The van der Waals surface area contributed by atoms with Crippen LogP contribution < -0.4 is 14.4 Å². The van der Waals surface area contributed by atoms with Crippen LogP contribution in [0.3, 0.4) is 0 Å². The Hall–Kier alpha value is -3.74. The highest BCUT2D eigenvalue weighted by atomic mass is 16.5. The zero-order chi connectivity index (χ0) is 22.8. The van der Waals surface area contributed by atoms with Crippen molar-refractivity contribution in [3.8, 4) is 34.3 Å². The van der Waals surface area contributed by atoms with E-state index in [0.717, 1.165) is 41.6 Å². The summed E-state index contributed by atoms with van der Waals surface area (Å²) in [6, 6.07) is 11.9. The van der Waals surface area contributed by atoms with Crippen molar-refractivity contribution >= 4 is 11.6 Å². The van der Waals surface area contributed by atoms with Crippen LogP contribution in [0.1, 0.15) is 35.7 Å². The molecule has 0 spiro atoms. The lowest BCUT2D eigenvalue weighted by atomic mass is 9.91. The van der Waals surface area contributed by atoms with Crippen molar-refractivity contribution in [1.29, 1.82) is 0 Å². The highest BCUT2D eigenvalue weighted by Gasteiger charge is 2.32. The van der Waals surface area contributed by atoms with Gasteiger partial charge in [-0.1, -0.05) is 13.0 Å². The number of nitrogens with zero attached hydrogens (tertiary/aromatic N) is 2. The van der Waals surface area contributed by atoms with Gasteiger partial charge in [-0.25, -0.2) is 4.98 Å². The number of aryl methyl sites for hydroxylation is 1. The first-order valence-electron chi connectivity index (χ1n) is 10.5. The molecular weight excluding hydrogens is 408 g/mol. The van der Waals surface area contributed by atoms with E-state index < -0.39 is 0 Å². The summed E-state index contributed by atoms with van der Waals surface area (Å²) >= 11 is 0. The summed E-state index contributed by atoms with van der Waals surface area (Å²) in [5.74, 6) is 0.373. The van der Waals surface area contributed by atoms with Crippen molar-refractivity contribution in [2.75, 3.05) is 19.1 Å². The number of phenolic OH excluding ortho intramolecular Hbond substituents is 2. The first-order valence-corrected chi connectivity index (χ1v) is 10.5. The molecule has 1 aliphatic heterocycles. The Morgan fingerprint density at radius 1 is 1.09 bits per heavy atom. The summed E-state index contributed by atoms with van der Waals surface area (Å²) in [5, 5.41) is 19.8. The van der Waals surface area contributed by atoms with Crippen LogP contribution in [0.4, 0.5) is 5.69 Å². The summed E-state index contributed by atoms with van der Waals surface area (Å²) in [5.41, 5.74) is 3.90. The molecule has 1 atom stereocenters. The quantitative estimate of drug-likeness (QED) is 0.612. The average Bonchev–Trinajstić information content (AvgIpc) is 2.82. The van der Waals surface area contributed by atoms with Crippen molar-refractivity contribution in [2.24, 2.45) is 0 Å². The molecule has 2 N–H and O–H groups in total. The van der Waals surface area contributed by atoms with Crippen molar-refractivity contribution in [3.63, 3.8) is 0 Å². The van der Waals surface area contributed by atoms with Crippen molar-refractivity contribution in [1.82, 2.24) is 4.98 Å². The van der Waals surface area contributed by atoms with E-state index in [2.05, 4.69) is 18.0 Å². The summed E-state index contributed by atoms with van der Waals surface area (Å²) in [6.07, 6.45) is 4.19. The van der Waals surface area contributed by atoms with Crippen LogP contribution in [-0.2, 0) is 6.42 Å². The highest BCUT2D eigenvalue weighted by molar-refractivity contribution is 6.09. The number of carbonyl (C=O) groups excluding carboxylic acids is 1. The van der Waals surface area contributed by atoms with Crippen LogP contribution >= 0.6 is 0 Å². The molecule has 2 aromatic carbocycles. The molecule has 1 unspecified atom stereocenters. The fourth-order valence-corrected chi connectivity index (χ4v) is 4.23. The van der Waals surface area contributed by atoms with Gasteiger partial charge in [0, 0.05) is 29.6 Å². The average molecular weight is 434 g/mol. The molecule has 7 nitrogen and oxygen atoms in total. The second-order valence-corrected chi connectivity index (χ2v) is 7.76. The third-order valence-corrected chi connectivity index (χ3v) is 5.92. The van der Waals surface area contributed by atoms with Crippen molar-refractivity contribution < 1.29 is 24.5 Å². The number of phenols is 2. The number of anilines is 1. The number of carbonyl (C=O) groups is 1. The number of fused-ring (bicyclic) bond motifs is 1. The maximum Gasteiger partial charge on any atom is 0.262 e. The summed E-state index contributed by atoms with van der Waals surface area (Å²) in [4.78, 5) is 19.5. The molecule has 166 valence electrons. The van der Waals surface area contributed by atoms with Crippen LogP contribution in [0.15, 0.2) is 48.7 Å². The Morgan fingerprint density at radius 2 is 1.91 bits per heavy atom. The first kappa shape index (κ1) is 21.5. The van der Waals surface area contributed by atoms with Crippen LogP contribution in [0.5, 0.6) is 23.1 Å². The maximum absolute atomic E-state index is 13.4. The second-order valence-electron chi connectivity index (χ2n) is 7.76. The number of hydrogen-bond acceptors (Lipinski definition) is 6. The fraction of sp³-hybridized carbons (Fsp3) is 0.280. The normalized spacial score (nSPS) is 15.2. The SMILES string of the molecule is CCC1CCc2cc(-c3cnc(OC)c(OC)c3)ccc2N1C(=O)c1ccc(O)cc1O. The summed E-state index contributed by atoms with van der Waals surface area (Å²) in [7, 11) is 3.12. The lowest BCUT2D eigenvalue weighted by molar-refractivity contribution is 0.0969. The van der Waals surface area contributed by atoms with Gasteiger partial charge in [-0.15, -0.1) is 0 Å². The molecule has 1 aliphatic rings. The van der Waals surface area contributed by atoms with Gasteiger partial charge in [0.15, 0.2) is 5.75 Å². The molecule has 7 heteroatoms. The minimum Gasteiger partial charge on any atom is -0.508 e. The fourth-order valence-electron chi connectivity index (χ4n) is 4.23. The third kappa shape index (κ3) is 3.82. The van der Waals surface area contributed by atoms with E-state index in [1.54, 1.807) is 25.3 Å². The van der Waals surface area contributed by atoms with E-state index in [1.165, 1.54) is 18.2 Å². The zero-order valence-electron chi connectivity index (χ0n) is 18.3. The molecule has 0 bridgehead atoms. The number of amides is 1. The predicted octanol–water partition coefficient (Wildman–Crippen LogP) is 4.55. The summed E-state index contributed by atoms with van der Waals surface area (Å²) in [6.45, 7) is 2.05. The van der Waals surface area contributed by atoms with Gasteiger partial charge in [0.25, 0.3) is 11.8 Å². The molecular formula is C25H26N2O5. The number of aromatic hydroxyl groups is 2. The van der Waals surface area contributed by atoms with Crippen molar-refractivity contribution in [2.45, 2.75) is 32.2 Å². The van der Waals surface area contributed by atoms with E-state index in [-0.39, 0.29) is 29.0 Å². The van der Waals surface area contributed by atoms with Gasteiger partial charge in [0.2, 0.25) is 0 Å². The Morgan fingerprint density at radius 3 is 2.59 bits per heavy atom. The van der Waals surface area contributed by atoms with Crippen LogP contribution in [0.2, 0.25) is 0 Å².